The third kappa shape index (κ3) is 8.61. The van der Waals surface area contributed by atoms with Crippen molar-refractivity contribution in [2.75, 3.05) is 18.9 Å². The number of hydrogen-bond acceptors (Lipinski definition) is 5. The molecule has 0 unspecified atom stereocenters. The Balaban J connectivity index is 0.000000232. The number of carbonyl (C=O) groups is 2. The summed E-state index contributed by atoms with van der Waals surface area (Å²) in [5, 5.41) is 0. The molecule has 0 aliphatic carbocycles. The first-order valence-electron chi connectivity index (χ1n) is 9.79. The van der Waals surface area contributed by atoms with Crippen molar-refractivity contribution in [2.45, 2.75) is 19.8 Å². The number of benzene rings is 3. The van der Waals surface area contributed by atoms with Crippen LogP contribution in [0.25, 0.3) is 0 Å². The number of ether oxygens (including phenoxy) is 2. The van der Waals surface area contributed by atoms with E-state index in [0.29, 0.717) is 30.9 Å². The summed E-state index contributed by atoms with van der Waals surface area (Å²) in [5.41, 5.74) is 8.91. The molecule has 2 N–H and O–H groups in total. The van der Waals surface area contributed by atoms with E-state index in [9.17, 15) is 9.59 Å². The van der Waals surface area contributed by atoms with Crippen molar-refractivity contribution in [2.24, 2.45) is 0 Å². The number of esters is 2. The molecule has 0 spiro atoms. The van der Waals surface area contributed by atoms with Gasteiger partial charge in [-0.05, 0) is 23.3 Å². The van der Waals surface area contributed by atoms with Crippen molar-refractivity contribution >= 4 is 17.6 Å². The van der Waals surface area contributed by atoms with Crippen molar-refractivity contribution < 1.29 is 19.1 Å². The van der Waals surface area contributed by atoms with E-state index in [-0.39, 0.29) is 11.9 Å². The topological polar surface area (TPSA) is 78.6 Å². The zero-order valence-corrected chi connectivity index (χ0v) is 17.1. The van der Waals surface area contributed by atoms with Crippen molar-refractivity contribution in [3.63, 3.8) is 0 Å². The predicted molar refractivity (Wildman–Crippen MR) is 118 cm³/mol. The van der Waals surface area contributed by atoms with Gasteiger partial charge >= 0.3 is 11.9 Å². The summed E-state index contributed by atoms with van der Waals surface area (Å²) in [6.45, 7) is 2.25. The van der Waals surface area contributed by atoms with Gasteiger partial charge in [0.15, 0.2) is 0 Å². The Labute approximate surface area is 177 Å². The van der Waals surface area contributed by atoms with E-state index in [2.05, 4.69) is 0 Å². The van der Waals surface area contributed by atoms with E-state index in [1.54, 1.807) is 24.3 Å². The number of anilines is 1. The van der Waals surface area contributed by atoms with Crippen molar-refractivity contribution in [1.82, 2.24) is 0 Å². The van der Waals surface area contributed by atoms with Crippen LogP contribution in [0.15, 0.2) is 84.9 Å². The monoisotopic (exact) mass is 405 g/mol. The van der Waals surface area contributed by atoms with Crippen LogP contribution in [0.5, 0.6) is 0 Å². The maximum Gasteiger partial charge on any atom is 0.340 e. The number of hydrogen-bond donors (Lipinski definition) is 1. The van der Waals surface area contributed by atoms with Gasteiger partial charge in [-0.1, -0.05) is 72.8 Å². The van der Waals surface area contributed by atoms with Crippen LogP contribution in [0.1, 0.15) is 28.4 Å². The van der Waals surface area contributed by atoms with Crippen molar-refractivity contribution in [3.8, 4) is 0 Å². The molecule has 5 heteroatoms. The lowest BCUT2D eigenvalue weighted by molar-refractivity contribution is -0.140. The molecule has 156 valence electrons. The van der Waals surface area contributed by atoms with Crippen molar-refractivity contribution in [1.29, 1.82) is 0 Å². The van der Waals surface area contributed by atoms with Gasteiger partial charge in [-0.3, -0.25) is 4.79 Å². The summed E-state index contributed by atoms with van der Waals surface area (Å²) in [4.78, 5) is 22.2. The molecular weight excluding hydrogens is 378 g/mol. The molecule has 3 aromatic carbocycles. The van der Waals surface area contributed by atoms with Crippen LogP contribution >= 0.6 is 0 Å². The molecular formula is C25H27NO4. The van der Waals surface area contributed by atoms with E-state index in [4.69, 9.17) is 15.2 Å². The van der Waals surface area contributed by atoms with Gasteiger partial charge in [0.05, 0.1) is 18.8 Å². The third-order valence-electron chi connectivity index (χ3n) is 4.19. The van der Waals surface area contributed by atoms with Gasteiger partial charge < -0.3 is 15.2 Å². The Morgan fingerprint density at radius 2 is 1.17 bits per heavy atom. The van der Waals surface area contributed by atoms with Crippen LogP contribution in [0.4, 0.5) is 5.69 Å². The number of nitrogen functional groups attached to an aromatic ring is 1. The Hall–Kier alpha value is -3.60. The molecule has 0 saturated carbocycles. The van der Waals surface area contributed by atoms with E-state index in [0.717, 1.165) is 12.0 Å². The summed E-state index contributed by atoms with van der Waals surface area (Å²) in [7, 11) is 0. The standard InChI is InChI=1S/C15H15NO2.C10H12O2/c16-14-9-5-4-8-13(14)15(17)18-11-10-12-6-2-1-3-7-12;1-9(11)12-8-7-10-5-3-2-4-6-10/h1-9H,10-11,16H2;2-6H,7-8H2,1H3. The fraction of sp³-hybridized carbons (Fsp3) is 0.200. The highest BCUT2D eigenvalue weighted by molar-refractivity contribution is 5.94. The predicted octanol–water partition coefficient (Wildman–Crippen LogP) is 4.46. The van der Waals surface area contributed by atoms with Crippen LogP contribution in [-0.4, -0.2) is 25.2 Å². The maximum atomic E-state index is 11.8. The van der Waals surface area contributed by atoms with Gasteiger partial charge in [0, 0.05) is 25.5 Å². The highest BCUT2D eigenvalue weighted by Crippen LogP contribution is 2.12. The molecule has 0 bridgehead atoms. The summed E-state index contributed by atoms with van der Waals surface area (Å²) in [6.07, 6.45) is 1.50. The number of para-hydroxylation sites is 1. The third-order valence-corrected chi connectivity index (χ3v) is 4.19. The second kappa shape index (κ2) is 12.8. The second-order valence-electron chi connectivity index (χ2n) is 6.53. The molecule has 0 amide bonds. The quantitative estimate of drug-likeness (QED) is 0.464. The molecule has 0 heterocycles. The minimum absolute atomic E-state index is 0.217. The molecule has 5 nitrogen and oxygen atoms in total. The number of carbonyl (C=O) groups excluding carboxylic acids is 2. The average Bonchev–Trinajstić information content (AvgIpc) is 2.76. The van der Waals surface area contributed by atoms with Crippen LogP contribution in [0, 0.1) is 0 Å². The zero-order chi connectivity index (χ0) is 21.6. The summed E-state index contributed by atoms with van der Waals surface area (Å²) in [5.74, 6) is -0.588. The lowest BCUT2D eigenvalue weighted by Gasteiger charge is -2.06. The minimum Gasteiger partial charge on any atom is -0.466 e. The van der Waals surface area contributed by atoms with E-state index >= 15 is 0 Å². The number of rotatable bonds is 7. The van der Waals surface area contributed by atoms with Crippen LogP contribution in [0.3, 0.4) is 0 Å². The summed E-state index contributed by atoms with van der Waals surface area (Å²) < 4.78 is 10.0. The first-order chi connectivity index (χ1) is 14.6. The summed E-state index contributed by atoms with van der Waals surface area (Å²) in [6, 6.07) is 26.8. The first-order valence-corrected chi connectivity index (χ1v) is 9.79. The van der Waals surface area contributed by atoms with Gasteiger partial charge in [-0.15, -0.1) is 0 Å². The molecule has 0 saturated heterocycles. The lowest BCUT2D eigenvalue weighted by Crippen LogP contribution is -2.10. The average molecular weight is 405 g/mol. The Morgan fingerprint density at radius 1 is 0.700 bits per heavy atom. The Kier molecular flexibility index (Phi) is 9.66. The van der Waals surface area contributed by atoms with E-state index in [1.807, 2.05) is 60.7 Å². The fourth-order valence-corrected chi connectivity index (χ4v) is 2.62. The lowest BCUT2D eigenvalue weighted by atomic mass is 10.1. The van der Waals surface area contributed by atoms with Gasteiger partial charge in [0.1, 0.15) is 0 Å². The normalized spacial score (nSPS) is 9.77. The molecule has 0 atom stereocenters. The minimum atomic E-state index is -0.371. The molecule has 0 radical (unpaired) electrons. The zero-order valence-electron chi connectivity index (χ0n) is 17.1. The molecule has 3 aromatic rings. The first kappa shape index (κ1) is 22.7. The van der Waals surface area contributed by atoms with Crippen molar-refractivity contribution in [3.05, 3.63) is 102 Å². The van der Waals surface area contributed by atoms with Gasteiger partial charge in [0.25, 0.3) is 0 Å². The van der Waals surface area contributed by atoms with Gasteiger partial charge in [-0.25, -0.2) is 4.79 Å². The molecule has 30 heavy (non-hydrogen) atoms. The highest BCUT2D eigenvalue weighted by atomic mass is 16.5. The van der Waals surface area contributed by atoms with Gasteiger partial charge in [0.2, 0.25) is 0 Å². The van der Waals surface area contributed by atoms with Crippen LogP contribution in [0.2, 0.25) is 0 Å². The SMILES string of the molecule is CC(=O)OCCc1ccccc1.Nc1ccccc1C(=O)OCCc1ccccc1. The van der Waals surface area contributed by atoms with Crippen LogP contribution in [-0.2, 0) is 27.1 Å². The summed E-state index contributed by atoms with van der Waals surface area (Å²) >= 11 is 0. The highest BCUT2D eigenvalue weighted by Gasteiger charge is 2.09. The molecule has 0 aliphatic heterocycles. The smallest absolute Gasteiger partial charge is 0.340 e. The Morgan fingerprint density at radius 3 is 1.67 bits per heavy atom. The largest absolute Gasteiger partial charge is 0.466 e. The molecule has 3 rings (SSSR count). The maximum absolute atomic E-state index is 11.8. The van der Waals surface area contributed by atoms with Crippen LogP contribution < -0.4 is 5.73 Å². The molecule has 0 aromatic heterocycles. The molecule has 0 fully saturated rings. The Bertz CT molecular complexity index is 911. The second-order valence-corrected chi connectivity index (χ2v) is 6.53. The molecule has 0 aliphatic rings. The van der Waals surface area contributed by atoms with Gasteiger partial charge in [-0.2, -0.15) is 0 Å². The fourth-order valence-electron chi connectivity index (χ4n) is 2.62. The van der Waals surface area contributed by atoms with E-state index in [1.165, 1.54) is 12.5 Å². The van der Waals surface area contributed by atoms with E-state index < -0.39 is 0 Å². The number of nitrogens with two attached hydrogens (primary N) is 1.